The van der Waals surface area contributed by atoms with Crippen molar-refractivity contribution in [3.05, 3.63) is 23.8 Å². The Morgan fingerprint density at radius 3 is 3.09 bits per heavy atom. The molecule has 1 saturated heterocycles. The molecule has 0 saturated carbocycles. The Labute approximate surface area is 129 Å². The van der Waals surface area contributed by atoms with E-state index in [2.05, 4.69) is 15.5 Å². The number of carbonyl (C=O) groups is 2. The number of fused-ring (bicyclic) bond motifs is 1. The standard InChI is InChI=1S/C13H11N3O5S/c17-11(18)4-10-12(19)15-13(22-10)16-14-5-7-1-2-8-9(3-7)21-6-20-8/h1-3,5,10H,4,6H2,(H,17,18)(H,15,16,19)/b14-5-/t10-/m0/s1. The van der Waals surface area contributed by atoms with Gasteiger partial charge in [0.1, 0.15) is 5.25 Å². The highest BCUT2D eigenvalue weighted by Gasteiger charge is 2.32. The van der Waals surface area contributed by atoms with E-state index in [1.807, 2.05) is 0 Å². The van der Waals surface area contributed by atoms with E-state index >= 15 is 0 Å². The molecule has 2 aliphatic heterocycles. The fourth-order valence-electron chi connectivity index (χ4n) is 1.89. The summed E-state index contributed by atoms with van der Waals surface area (Å²) in [5.41, 5.74) is 0.769. The lowest BCUT2D eigenvalue weighted by Gasteiger charge is -1.98. The molecule has 9 heteroatoms. The Morgan fingerprint density at radius 2 is 2.27 bits per heavy atom. The Balaban J connectivity index is 1.64. The number of benzene rings is 1. The minimum atomic E-state index is -1.03. The highest BCUT2D eigenvalue weighted by atomic mass is 32.2. The molecule has 1 amide bonds. The van der Waals surface area contributed by atoms with Gasteiger partial charge >= 0.3 is 5.97 Å². The van der Waals surface area contributed by atoms with Crippen LogP contribution in [0.3, 0.4) is 0 Å². The highest BCUT2D eigenvalue weighted by molar-refractivity contribution is 8.15. The van der Waals surface area contributed by atoms with E-state index in [9.17, 15) is 9.59 Å². The van der Waals surface area contributed by atoms with Gasteiger partial charge in [-0.05, 0) is 23.8 Å². The molecule has 1 fully saturated rings. The number of rotatable bonds is 4. The van der Waals surface area contributed by atoms with E-state index in [4.69, 9.17) is 14.6 Å². The number of nitrogens with one attached hydrogen (secondary N) is 1. The number of aliphatic carboxylic acids is 1. The zero-order chi connectivity index (χ0) is 15.5. The van der Waals surface area contributed by atoms with Crippen LogP contribution in [0.1, 0.15) is 12.0 Å². The maximum Gasteiger partial charge on any atom is 0.305 e. The van der Waals surface area contributed by atoms with Crippen LogP contribution in [0, 0.1) is 0 Å². The molecule has 0 bridgehead atoms. The van der Waals surface area contributed by atoms with Crippen molar-refractivity contribution in [3.63, 3.8) is 0 Å². The maximum absolute atomic E-state index is 11.5. The van der Waals surface area contributed by atoms with Crippen LogP contribution >= 0.6 is 11.8 Å². The maximum atomic E-state index is 11.5. The van der Waals surface area contributed by atoms with Gasteiger partial charge in [0.2, 0.25) is 12.7 Å². The molecule has 1 aromatic carbocycles. The van der Waals surface area contributed by atoms with Gasteiger partial charge in [-0.3, -0.25) is 9.59 Å². The second-order valence-corrected chi connectivity index (χ2v) is 5.65. The van der Waals surface area contributed by atoms with Crippen molar-refractivity contribution in [2.45, 2.75) is 11.7 Å². The first-order chi connectivity index (χ1) is 10.6. The Hall–Kier alpha value is -2.55. The molecule has 2 N–H and O–H groups in total. The third kappa shape index (κ3) is 3.19. The lowest BCUT2D eigenvalue weighted by atomic mass is 10.2. The quantitative estimate of drug-likeness (QED) is 0.627. The molecule has 1 atom stereocenters. The summed E-state index contributed by atoms with van der Waals surface area (Å²) in [7, 11) is 0. The molecule has 2 aliphatic rings. The molecule has 1 aromatic rings. The molecule has 3 rings (SSSR count). The zero-order valence-electron chi connectivity index (χ0n) is 11.2. The monoisotopic (exact) mass is 321 g/mol. The van der Waals surface area contributed by atoms with Gasteiger partial charge in [-0.1, -0.05) is 11.8 Å². The smallest absolute Gasteiger partial charge is 0.305 e. The minimum Gasteiger partial charge on any atom is -0.481 e. The largest absolute Gasteiger partial charge is 0.481 e. The fourth-order valence-corrected chi connectivity index (χ4v) is 2.80. The van der Waals surface area contributed by atoms with Gasteiger partial charge in [-0.25, -0.2) is 0 Å². The van der Waals surface area contributed by atoms with E-state index in [1.54, 1.807) is 18.2 Å². The predicted octanol–water partition coefficient (Wildman–Crippen LogP) is 0.811. The van der Waals surface area contributed by atoms with Crippen molar-refractivity contribution >= 4 is 35.0 Å². The van der Waals surface area contributed by atoms with Crippen LogP contribution < -0.4 is 14.8 Å². The highest BCUT2D eigenvalue weighted by Crippen LogP contribution is 2.32. The van der Waals surface area contributed by atoms with Gasteiger partial charge < -0.3 is 19.9 Å². The molecular formula is C13H11N3O5S. The molecule has 0 radical (unpaired) electrons. The summed E-state index contributed by atoms with van der Waals surface area (Å²) < 4.78 is 10.4. The second kappa shape index (κ2) is 6.06. The van der Waals surface area contributed by atoms with E-state index < -0.39 is 11.2 Å². The summed E-state index contributed by atoms with van der Waals surface area (Å²) >= 11 is 1.05. The zero-order valence-corrected chi connectivity index (χ0v) is 12.0. The number of amidine groups is 1. The van der Waals surface area contributed by atoms with Crippen LogP contribution in [0.25, 0.3) is 0 Å². The molecule has 2 heterocycles. The van der Waals surface area contributed by atoms with Crippen molar-refractivity contribution in [1.82, 2.24) is 5.32 Å². The fraction of sp³-hybridized carbons (Fsp3) is 0.231. The molecule has 0 aliphatic carbocycles. The summed E-state index contributed by atoms with van der Waals surface area (Å²) in [6, 6.07) is 5.33. The molecule has 0 aromatic heterocycles. The van der Waals surface area contributed by atoms with Gasteiger partial charge in [-0.2, -0.15) is 5.10 Å². The number of carbonyl (C=O) groups excluding carboxylic acids is 1. The lowest BCUT2D eigenvalue weighted by molar-refractivity contribution is -0.138. The SMILES string of the molecule is O=C(O)C[C@@H]1S/C(=N/N=C\c2ccc3c(c2)OCO3)NC1=O. The third-order valence-electron chi connectivity index (χ3n) is 2.89. The first-order valence-electron chi connectivity index (χ1n) is 6.32. The summed E-state index contributed by atoms with van der Waals surface area (Å²) in [6.45, 7) is 0.200. The number of nitrogens with zero attached hydrogens (tertiary/aromatic N) is 2. The number of carboxylic acid groups (broad SMARTS) is 1. The normalized spacial score (nSPS) is 21.5. The average molecular weight is 321 g/mol. The van der Waals surface area contributed by atoms with Crippen molar-refractivity contribution in [3.8, 4) is 11.5 Å². The summed E-state index contributed by atoms with van der Waals surface area (Å²) in [6.07, 6.45) is 1.26. The number of hydrogen-bond acceptors (Lipinski definition) is 7. The number of carboxylic acids is 1. The average Bonchev–Trinajstić information content (AvgIpc) is 3.05. The summed E-state index contributed by atoms with van der Waals surface area (Å²) in [5, 5.41) is 18.6. The molecular weight excluding hydrogens is 310 g/mol. The van der Waals surface area contributed by atoms with Gasteiger partial charge in [0.05, 0.1) is 12.6 Å². The molecule has 0 unspecified atom stereocenters. The van der Waals surface area contributed by atoms with Crippen LogP contribution in [0.15, 0.2) is 28.4 Å². The van der Waals surface area contributed by atoms with Crippen LogP contribution in [-0.2, 0) is 9.59 Å². The third-order valence-corrected chi connectivity index (χ3v) is 3.96. The van der Waals surface area contributed by atoms with Crippen LogP contribution in [0.2, 0.25) is 0 Å². The molecule has 8 nitrogen and oxygen atoms in total. The topological polar surface area (TPSA) is 110 Å². The van der Waals surface area contributed by atoms with E-state index in [1.165, 1.54) is 6.21 Å². The number of thioether (sulfide) groups is 1. The van der Waals surface area contributed by atoms with Gasteiger partial charge in [-0.15, -0.1) is 5.10 Å². The first-order valence-corrected chi connectivity index (χ1v) is 7.20. The molecule has 22 heavy (non-hydrogen) atoms. The Kier molecular flexibility index (Phi) is 3.96. The van der Waals surface area contributed by atoms with E-state index in [-0.39, 0.29) is 24.3 Å². The van der Waals surface area contributed by atoms with Crippen LogP contribution in [-0.4, -0.2) is 40.4 Å². The predicted molar refractivity (Wildman–Crippen MR) is 79.4 cm³/mol. The van der Waals surface area contributed by atoms with Crippen LogP contribution in [0.5, 0.6) is 11.5 Å². The molecule has 0 spiro atoms. The summed E-state index contributed by atoms with van der Waals surface area (Å²) in [4.78, 5) is 22.1. The Morgan fingerprint density at radius 1 is 1.45 bits per heavy atom. The van der Waals surface area contributed by atoms with E-state index in [0.717, 1.165) is 17.3 Å². The van der Waals surface area contributed by atoms with Crippen molar-refractivity contribution < 1.29 is 24.2 Å². The van der Waals surface area contributed by atoms with E-state index in [0.29, 0.717) is 11.5 Å². The number of ether oxygens (including phenoxy) is 2. The van der Waals surface area contributed by atoms with Gasteiger partial charge in [0.25, 0.3) is 0 Å². The lowest BCUT2D eigenvalue weighted by Crippen LogP contribution is -2.26. The number of amides is 1. The van der Waals surface area contributed by atoms with Gasteiger partial charge in [0.15, 0.2) is 16.7 Å². The molecule has 114 valence electrons. The number of hydrogen-bond donors (Lipinski definition) is 2. The second-order valence-electron chi connectivity index (χ2n) is 4.46. The van der Waals surface area contributed by atoms with Crippen LogP contribution in [0.4, 0.5) is 0 Å². The summed E-state index contributed by atoms with van der Waals surface area (Å²) in [5.74, 6) is -0.0811. The van der Waals surface area contributed by atoms with Crippen molar-refractivity contribution in [2.75, 3.05) is 6.79 Å². The van der Waals surface area contributed by atoms with Crippen molar-refractivity contribution in [2.24, 2.45) is 10.2 Å². The van der Waals surface area contributed by atoms with Crippen molar-refractivity contribution in [1.29, 1.82) is 0 Å². The van der Waals surface area contributed by atoms with Gasteiger partial charge in [0, 0.05) is 0 Å². The Bertz CT molecular complexity index is 688. The first kappa shape index (κ1) is 14.4. The minimum absolute atomic E-state index is 0.200.